The summed E-state index contributed by atoms with van der Waals surface area (Å²) in [6.45, 7) is 0.511. The topological polar surface area (TPSA) is 63.6 Å². The third-order valence-electron chi connectivity index (χ3n) is 5.07. The fourth-order valence-corrected chi connectivity index (χ4v) is 5.56. The SMILES string of the molecule is CSc1ccc(S(=O)(=O)CC2CC(OCc3ccccc3)CCC2O)cc1. The molecule has 0 heterocycles. The fourth-order valence-electron chi connectivity index (χ4n) is 3.48. The molecule has 1 aliphatic rings. The lowest BCUT2D eigenvalue weighted by molar-refractivity contribution is -0.0351. The molecule has 1 N–H and O–H groups in total. The monoisotopic (exact) mass is 406 g/mol. The van der Waals surface area contributed by atoms with Crippen LogP contribution in [0.25, 0.3) is 0 Å². The van der Waals surface area contributed by atoms with Gasteiger partial charge in [0.05, 0.1) is 29.5 Å². The van der Waals surface area contributed by atoms with Gasteiger partial charge in [-0.1, -0.05) is 30.3 Å². The first-order valence-electron chi connectivity index (χ1n) is 9.18. The largest absolute Gasteiger partial charge is 0.393 e. The molecule has 0 aromatic heterocycles. The predicted octanol–water partition coefficient (Wildman–Crippen LogP) is 3.93. The second-order valence-electron chi connectivity index (χ2n) is 7.02. The van der Waals surface area contributed by atoms with Gasteiger partial charge in [-0.2, -0.15) is 0 Å². The molecule has 0 saturated heterocycles. The molecule has 0 amide bonds. The van der Waals surface area contributed by atoms with Crippen LogP contribution < -0.4 is 0 Å². The summed E-state index contributed by atoms with van der Waals surface area (Å²) in [7, 11) is -3.43. The molecule has 3 unspecified atom stereocenters. The molecule has 1 fully saturated rings. The maximum Gasteiger partial charge on any atom is 0.178 e. The first kappa shape index (κ1) is 20.4. The summed E-state index contributed by atoms with van der Waals surface area (Å²) < 4.78 is 31.5. The number of hydrogen-bond acceptors (Lipinski definition) is 5. The van der Waals surface area contributed by atoms with Gasteiger partial charge in [0, 0.05) is 10.8 Å². The van der Waals surface area contributed by atoms with Gasteiger partial charge in [0.25, 0.3) is 0 Å². The highest BCUT2D eigenvalue weighted by Crippen LogP contribution is 2.30. The lowest BCUT2D eigenvalue weighted by Crippen LogP contribution is -2.37. The molecule has 2 aromatic rings. The first-order valence-corrected chi connectivity index (χ1v) is 12.1. The summed E-state index contributed by atoms with van der Waals surface area (Å²) in [5.41, 5.74) is 1.10. The zero-order valence-electron chi connectivity index (χ0n) is 15.5. The minimum Gasteiger partial charge on any atom is -0.393 e. The van der Waals surface area contributed by atoms with E-state index in [1.165, 1.54) is 0 Å². The van der Waals surface area contributed by atoms with Gasteiger partial charge in [-0.15, -0.1) is 11.8 Å². The summed E-state index contributed by atoms with van der Waals surface area (Å²) in [5, 5.41) is 10.3. The summed E-state index contributed by atoms with van der Waals surface area (Å²) in [5.74, 6) is -0.345. The van der Waals surface area contributed by atoms with Gasteiger partial charge in [-0.05, 0) is 55.3 Å². The van der Waals surface area contributed by atoms with Crippen molar-refractivity contribution in [2.75, 3.05) is 12.0 Å². The van der Waals surface area contributed by atoms with Crippen LogP contribution in [0, 0.1) is 5.92 Å². The first-order chi connectivity index (χ1) is 13.0. The number of hydrogen-bond donors (Lipinski definition) is 1. The minimum absolute atomic E-state index is 0.0207. The Labute approximate surface area is 165 Å². The van der Waals surface area contributed by atoms with Gasteiger partial charge >= 0.3 is 0 Å². The van der Waals surface area contributed by atoms with Crippen molar-refractivity contribution in [1.29, 1.82) is 0 Å². The molecule has 0 spiro atoms. The van der Waals surface area contributed by atoms with Crippen molar-refractivity contribution in [3.05, 3.63) is 60.2 Å². The highest BCUT2D eigenvalue weighted by Gasteiger charge is 2.33. The average Bonchev–Trinajstić information content (AvgIpc) is 2.69. The van der Waals surface area contributed by atoms with Crippen LogP contribution in [0.15, 0.2) is 64.4 Å². The Kier molecular flexibility index (Phi) is 6.98. The Morgan fingerprint density at radius 3 is 2.44 bits per heavy atom. The van der Waals surface area contributed by atoms with E-state index in [9.17, 15) is 13.5 Å². The average molecular weight is 407 g/mol. The molecular weight excluding hydrogens is 380 g/mol. The Balaban J connectivity index is 1.61. The second-order valence-corrected chi connectivity index (χ2v) is 9.93. The van der Waals surface area contributed by atoms with E-state index in [0.717, 1.165) is 16.9 Å². The number of thioether (sulfide) groups is 1. The quantitative estimate of drug-likeness (QED) is 0.706. The van der Waals surface area contributed by atoms with Crippen LogP contribution in [0.2, 0.25) is 0 Å². The zero-order valence-corrected chi connectivity index (χ0v) is 17.1. The Bertz CT molecular complexity index is 819. The van der Waals surface area contributed by atoms with Gasteiger partial charge in [-0.25, -0.2) is 8.42 Å². The number of benzene rings is 2. The van der Waals surface area contributed by atoms with Gasteiger partial charge < -0.3 is 9.84 Å². The van der Waals surface area contributed by atoms with Crippen molar-refractivity contribution < 1.29 is 18.3 Å². The number of sulfone groups is 1. The van der Waals surface area contributed by atoms with E-state index < -0.39 is 15.9 Å². The predicted molar refractivity (Wildman–Crippen MR) is 109 cm³/mol. The zero-order chi connectivity index (χ0) is 19.3. The summed E-state index contributed by atoms with van der Waals surface area (Å²) in [6.07, 6.45) is 3.24. The van der Waals surface area contributed by atoms with Gasteiger partial charge in [0.1, 0.15) is 0 Å². The molecule has 27 heavy (non-hydrogen) atoms. The maximum atomic E-state index is 12.8. The maximum absolute atomic E-state index is 12.8. The summed E-state index contributed by atoms with van der Waals surface area (Å²) >= 11 is 1.58. The van der Waals surface area contributed by atoms with Crippen LogP contribution in [0.4, 0.5) is 0 Å². The molecule has 2 aromatic carbocycles. The smallest absolute Gasteiger partial charge is 0.178 e. The van der Waals surface area contributed by atoms with Gasteiger partial charge in [0.15, 0.2) is 9.84 Å². The third kappa shape index (κ3) is 5.57. The standard InChI is InChI=1S/C21H26O4S2/c1-26-19-8-10-20(11-9-19)27(23,24)15-17-13-18(7-12-21(17)22)25-14-16-5-3-2-4-6-16/h2-6,8-11,17-18,21-22H,7,12-15H2,1H3. The molecule has 0 bridgehead atoms. The van der Waals surface area contributed by atoms with E-state index >= 15 is 0 Å². The van der Waals surface area contributed by atoms with E-state index in [2.05, 4.69) is 0 Å². The van der Waals surface area contributed by atoms with Crippen LogP contribution >= 0.6 is 11.8 Å². The second kappa shape index (κ2) is 9.24. The normalized spacial score (nSPS) is 23.3. The molecule has 0 radical (unpaired) electrons. The molecule has 4 nitrogen and oxygen atoms in total. The van der Waals surface area contributed by atoms with E-state index in [1.807, 2.05) is 48.7 Å². The lowest BCUT2D eigenvalue weighted by atomic mass is 9.86. The number of aliphatic hydroxyl groups excluding tert-OH is 1. The van der Waals surface area contributed by atoms with Crippen molar-refractivity contribution in [3.63, 3.8) is 0 Å². The number of ether oxygens (including phenoxy) is 1. The molecule has 6 heteroatoms. The van der Waals surface area contributed by atoms with Crippen molar-refractivity contribution in [2.24, 2.45) is 5.92 Å². The van der Waals surface area contributed by atoms with Crippen LogP contribution in [-0.2, 0) is 21.2 Å². The highest BCUT2D eigenvalue weighted by molar-refractivity contribution is 7.98. The van der Waals surface area contributed by atoms with Crippen molar-refractivity contribution in [2.45, 2.75) is 47.9 Å². The van der Waals surface area contributed by atoms with E-state index in [1.54, 1.807) is 23.9 Å². The van der Waals surface area contributed by atoms with E-state index in [-0.39, 0.29) is 17.8 Å². The molecule has 3 rings (SSSR count). The Hall–Kier alpha value is -1.34. The number of rotatable bonds is 7. The van der Waals surface area contributed by atoms with Crippen LogP contribution in [0.1, 0.15) is 24.8 Å². The molecule has 1 saturated carbocycles. The van der Waals surface area contributed by atoms with Crippen LogP contribution in [0.5, 0.6) is 0 Å². The van der Waals surface area contributed by atoms with Crippen molar-refractivity contribution >= 4 is 21.6 Å². The van der Waals surface area contributed by atoms with Gasteiger partial charge in [-0.3, -0.25) is 0 Å². The summed E-state index contributed by atoms with van der Waals surface area (Å²) in [6, 6.07) is 16.9. The van der Waals surface area contributed by atoms with E-state index in [0.29, 0.717) is 24.3 Å². The Morgan fingerprint density at radius 2 is 1.78 bits per heavy atom. The molecule has 146 valence electrons. The number of aliphatic hydroxyl groups is 1. The molecule has 0 aliphatic heterocycles. The third-order valence-corrected chi connectivity index (χ3v) is 7.68. The summed E-state index contributed by atoms with van der Waals surface area (Å²) in [4.78, 5) is 1.35. The highest BCUT2D eigenvalue weighted by atomic mass is 32.2. The lowest BCUT2D eigenvalue weighted by Gasteiger charge is -2.33. The molecule has 3 atom stereocenters. The van der Waals surface area contributed by atoms with Crippen LogP contribution in [-0.4, -0.2) is 37.7 Å². The Morgan fingerprint density at radius 1 is 1.07 bits per heavy atom. The fraction of sp³-hybridized carbons (Fsp3) is 0.429. The van der Waals surface area contributed by atoms with Crippen molar-refractivity contribution in [3.8, 4) is 0 Å². The van der Waals surface area contributed by atoms with E-state index in [4.69, 9.17) is 4.74 Å². The van der Waals surface area contributed by atoms with Gasteiger partial charge in [0.2, 0.25) is 0 Å². The van der Waals surface area contributed by atoms with Crippen molar-refractivity contribution in [1.82, 2.24) is 0 Å². The molecular formula is C21H26O4S2. The molecule has 1 aliphatic carbocycles. The van der Waals surface area contributed by atoms with Crippen LogP contribution in [0.3, 0.4) is 0 Å². The minimum atomic E-state index is -3.43.